The second kappa shape index (κ2) is 7.22. The van der Waals surface area contributed by atoms with E-state index in [1.54, 1.807) is 18.5 Å². The molecule has 3 aromatic rings. The summed E-state index contributed by atoms with van der Waals surface area (Å²) >= 11 is 0. The van der Waals surface area contributed by atoms with Gasteiger partial charge in [-0.1, -0.05) is 5.16 Å². The predicted molar refractivity (Wildman–Crippen MR) is 82.7 cm³/mol. The molecule has 1 amide bonds. The van der Waals surface area contributed by atoms with Gasteiger partial charge in [-0.2, -0.15) is 4.98 Å². The van der Waals surface area contributed by atoms with Crippen LogP contribution in [0.4, 0.5) is 5.95 Å². The first kappa shape index (κ1) is 15.5. The molecule has 0 unspecified atom stereocenters. The molecule has 0 radical (unpaired) electrons. The van der Waals surface area contributed by atoms with E-state index in [1.165, 1.54) is 12.4 Å². The minimum absolute atomic E-state index is 0.0770. The quantitative estimate of drug-likeness (QED) is 0.671. The average molecular weight is 326 g/mol. The van der Waals surface area contributed by atoms with Crippen LogP contribution in [-0.4, -0.2) is 42.5 Å². The van der Waals surface area contributed by atoms with E-state index in [0.717, 1.165) is 0 Å². The monoisotopic (exact) mass is 326 g/mol. The Kier molecular flexibility index (Phi) is 4.65. The van der Waals surface area contributed by atoms with Crippen molar-refractivity contribution in [2.75, 3.05) is 11.9 Å². The zero-order chi connectivity index (χ0) is 16.8. The standard InChI is InChI=1S/C14H14N8O2/c1-2-15-14-19-6-9(7-20-14)13(23)18-8-10-21-12(22-24-10)11-16-4-3-5-17-11/h3-7H,2,8H2,1H3,(H,18,23)(H,15,19,20). The van der Waals surface area contributed by atoms with Crippen LogP contribution in [0.25, 0.3) is 11.6 Å². The van der Waals surface area contributed by atoms with Crippen LogP contribution in [0.2, 0.25) is 0 Å². The largest absolute Gasteiger partial charge is 0.355 e. The highest BCUT2D eigenvalue weighted by Gasteiger charge is 2.12. The Hall–Kier alpha value is -3.43. The summed E-state index contributed by atoms with van der Waals surface area (Å²) in [6.07, 6.45) is 6.04. The molecule has 0 aliphatic carbocycles. The van der Waals surface area contributed by atoms with Gasteiger partial charge < -0.3 is 15.2 Å². The lowest BCUT2D eigenvalue weighted by Gasteiger charge is -2.03. The molecule has 10 heteroatoms. The minimum atomic E-state index is -0.339. The summed E-state index contributed by atoms with van der Waals surface area (Å²) in [4.78, 5) is 32.3. The van der Waals surface area contributed by atoms with E-state index in [0.29, 0.717) is 23.9 Å². The number of aromatic nitrogens is 6. The smallest absolute Gasteiger partial charge is 0.254 e. The Bertz CT molecular complexity index is 803. The molecule has 2 N–H and O–H groups in total. The average Bonchev–Trinajstić information content (AvgIpc) is 3.10. The molecule has 0 aliphatic rings. The van der Waals surface area contributed by atoms with Crippen molar-refractivity contribution in [2.45, 2.75) is 13.5 Å². The lowest BCUT2D eigenvalue weighted by molar-refractivity contribution is 0.0945. The zero-order valence-corrected chi connectivity index (χ0v) is 12.8. The second-order valence-electron chi connectivity index (χ2n) is 4.59. The normalized spacial score (nSPS) is 10.4. The Balaban J connectivity index is 1.59. The van der Waals surface area contributed by atoms with Crippen molar-refractivity contribution in [1.82, 2.24) is 35.4 Å². The van der Waals surface area contributed by atoms with Gasteiger partial charge in [-0.05, 0) is 13.0 Å². The van der Waals surface area contributed by atoms with Gasteiger partial charge in [0.2, 0.25) is 23.5 Å². The Morgan fingerprint density at radius 1 is 1.12 bits per heavy atom. The Morgan fingerprint density at radius 3 is 2.58 bits per heavy atom. The summed E-state index contributed by atoms with van der Waals surface area (Å²) in [5.41, 5.74) is 0.336. The molecular formula is C14H14N8O2. The van der Waals surface area contributed by atoms with Crippen LogP contribution in [0, 0.1) is 0 Å². The van der Waals surface area contributed by atoms with Crippen molar-refractivity contribution in [2.24, 2.45) is 0 Å². The van der Waals surface area contributed by atoms with Gasteiger partial charge >= 0.3 is 0 Å². The van der Waals surface area contributed by atoms with E-state index < -0.39 is 0 Å². The van der Waals surface area contributed by atoms with Gasteiger partial charge in [0, 0.05) is 31.3 Å². The maximum Gasteiger partial charge on any atom is 0.254 e. The highest BCUT2D eigenvalue weighted by atomic mass is 16.5. The van der Waals surface area contributed by atoms with Crippen LogP contribution >= 0.6 is 0 Å². The van der Waals surface area contributed by atoms with E-state index in [9.17, 15) is 4.79 Å². The van der Waals surface area contributed by atoms with Crippen LogP contribution in [0.1, 0.15) is 23.2 Å². The van der Waals surface area contributed by atoms with E-state index in [4.69, 9.17) is 4.52 Å². The van der Waals surface area contributed by atoms with Crippen LogP contribution in [-0.2, 0) is 6.54 Å². The van der Waals surface area contributed by atoms with Gasteiger partial charge in [-0.3, -0.25) is 4.79 Å². The van der Waals surface area contributed by atoms with Crippen molar-refractivity contribution < 1.29 is 9.32 Å². The molecule has 24 heavy (non-hydrogen) atoms. The Morgan fingerprint density at radius 2 is 1.88 bits per heavy atom. The van der Waals surface area contributed by atoms with Crippen molar-refractivity contribution in [1.29, 1.82) is 0 Å². The number of carbonyl (C=O) groups excluding carboxylic acids is 1. The van der Waals surface area contributed by atoms with Gasteiger partial charge in [0.25, 0.3) is 5.91 Å². The number of rotatable bonds is 6. The summed E-state index contributed by atoms with van der Waals surface area (Å²) in [7, 11) is 0. The summed E-state index contributed by atoms with van der Waals surface area (Å²) in [5, 5.41) is 9.38. The topological polar surface area (TPSA) is 132 Å². The molecule has 10 nitrogen and oxygen atoms in total. The minimum Gasteiger partial charge on any atom is -0.355 e. The molecule has 0 fully saturated rings. The van der Waals surface area contributed by atoms with Crippen LogP contribution in [0.15, 0.2) is 35.4 Å². The SMILES string of the molecule is CCNc1ncc(C(=O)NCc2nc(-c3ncccn3)no2)cn1. The molecule has 0 aliphatic heterocycles. The number of amides is 1. The summed E-state index contributed by atoms with van der Waals surface area (Å²) in [6.45, 7) is 2.72. The lowest BCUT2D eigenvalue weighted by Crippen LogP contribution is -2.23. The molecular weight excluding hydrogens is 312 g/mol. The first-order valence-electron chi connectivity index (χ1n) is 7.20. The first-order chi connectivity index (χ1) is 11.8. The molecule has 3 heterocycles. The van der Waals surface area contributed by atoms with Gasteiger partial charge in [-0.25, -0.2) is 19.9 Å². The molecule has 3 rings (SSSR count). The first-order valence-corrected chi connectivity index (χ1v) is 7.20. The summed E-state index contributed by atoms with van der Waals surface area (Å²) in [6, 6.07) is 1.69. The van der Waals surface area contributed by atoms with E-state index in [-0.39, 0.29) is 24.2 Å². The lowest BCUT2D eigenvalue weighted by atomic mass is 10.3. The number of carbonyl (C=O) groups is 1. The maximum absolute atomic E-state index is 12.0. The van der Waals surface area contributed by atoms with E-state index >= 15 is 0 Å². The van der Waals surface area contributed by atoms with Crippen molar-refractivity contribution >= 4 is 11.9 Å². The van der Waals surface area contributed by atoms with Crippen LogP contribution in [0.3, 0.4) is 0 Å². The molecule has 3 aromatic heterocycles. The number of hydrogen-bond acceptors (Lipinski definition) is 9. The zero-order valence-electron chi connectivity index (χ0n) is 12.8. The fraction of sp³-hybridized carbons (Fsp3) is 0.214. The second-order valence-corrected chi connectivity index (χ2v) is 4.59. The van der Waals surface area contributed by atoms with Crippen molar-refractivity contribution in [3.05, 3.63) is 42.3 Å². The van der Waals surface area contributed by atoms with Gasteiger partial charge in [0.05, 0.1) is 12.1 Å². The molecule has 0 spiro atoms. The third kappa shape index (κ3) is 3.66. The molecule has 0 saturated carbocycles. The van der Waals surface area contributed by atoms with E-state index in [1.807, 2.05) is 6.92 Å². The van der Waals surface area contributed by atoms with Gasteiger partial charge in [0.15, 0.2) is 0 Å². The molecule has 122 valence electrons. The van der Waals surface area contributed by atoms with Crippen molar-refractivity contribution in [3.8, 4) is 11.6 Å². The van der Waals surface area contributed by atoms with E-state index in [2.05, 4.69) is 40.7 Å². The third-order valence-electron chi connectivity index (χ3n) is 2.88. The molecule has 0 atom stereocenters. The Labute approximate surface area is 136 Å². The highest BCUT2D eigenvalue weighted by Crippen LogP contribution is 2.09. The third-order valence-corrected chi connectivity index (χ3v) is 2.88. The fourth-order valence-corrected chi connectivity index (χ4v) is 1.78. The van der Waals surface area contributed by atoms with Crippen molar-refractivity contribution in [3.63, 3.8) is 0 Å². The van der Waals surface area contributed by atoms with Gasteiger partial charge in [0.1, 0.15) is 0 Å². The highest BCUT2D eigenvalue weighted by molar-refractivity contribution is 5.93. The predicted octanol–water partition coefficient (Wildman–Crippen LogP) is 0.678. The number of nitrogens with one attached hydrogen (secondary N) is 2. The molecule has 0 aromatic carbocycles. The van der Waals surface area contributed by atoms with Gasteiger partial charge in [-0.15, -0.1) is 0 Å². The van der Waals surface area contributed by atoms with Crippen LogP contribution < -0.4 is 10.6 Å². The maximum atomic E-state index is 12.0. The number of hydrogen-bond donors (Lipinski definition) is 2. The number of nitrogens with zero attached hydrogens (tertiary/aromatic N) is 6. The summed E-state index contributed by atoms with van der Waals surface area (Å²) in [5.74, 6) is 0.993. The molecule has 0 bridgehead atoms. The summed E-state index contributed by atoms with van der Waals surface area (Å²) < 4.78 is 5.06. The molecule has 0 saturated heterocycles. The van der Waals surface area contributed by atoms with Crippen LogP contribution in [0.5, 0.6) is 0 Å². The number of anilines is 1. The fourth-order valence-electron chi connectivity index (χ4n) is 1.78.